The lowest BCUT2D eigenvalue weighted by Crippen LogP contribution is -2.31. The molecule has 1 rings (SSSR count). The Morgan fingerprint density at radius 3 is 2.50 bits per heavy atom. The molecule has 3 heteroatoms. The van der Waals surface area contributed by atoms with E-state index in [0.29, 0.717) is 11.3 Å². The first kappa shape index (κ1) is 12.4. The second-order valence-electron chi connectivity index (χ2n) is 5.15. The van der Waals surface area contributed by atoms with E-state index in [-0.39, 0.29) is 11.5 Å². The van der Waals surface area contributed by atoms with Crippen LogP contribution in [0.15, 0.2) is 18.2 Å². The molecule has 0 bridgehead atoms. The number of rotatable bonds is 2. The number of nitrogens with one attached hydrogen (secondary N) is 1. The van der Waals surface area contributed by atoms with Gasteiger partial charge in [-0.05, 0) is 30.5 Å². The zero-order valence-corrected chi connectivity index (χ0v) is 10.3. The normalized spacial score (nSPS) is 12.9. The van der Waals surface area contributed by atoms with Gasteiger partial charge in [0.05, 0.1) is 23.0 Å². The molecule has 0 fully saturated rings. The van der Waals surface area contributed by atoms with Crippen molar-refractivity contribution in [2.45, 2.75) is 33.7 Å². The Morgan fingerprint density at radius 1 is 1.38 bits per heavy atom. The molecule has 0 heterocycles. The number of anilines is 2. The van der Waals surface area contributed by atoms with E-state index in [0.717, 1.165) is 5.69 Å². The summed E-state index contributed by atoms with van der Waals surface area (Å²) in [5.41, 5.74) is 8.15. The summed E-state index contributed by atoms with van der Waals surface area (Å²) in [4.78, 5) is 0. The van der Waals surface area contributed by atoms with Crippen LogP contribution in [-0.2, 0) is 0 Å². The maximum Gasteiger partial charge on any atom is 0.0992 e. The molecule has 0 saturated heterocycles. The maximum atomic E-state index is 8.83. The minimum atomic E-state index is 0.148. The number of nitrogens with zero attached hydrogens (tertiary/aromatic N) is 1. The van der Waals surface area contributed by atoms with Gasteiger partial charge in [-0.3, -0.25) is 0 Å². The van der Waals surface area contributed by atoms with E-state index in [1.54, 1.807) is 18.2 Å². The molecule has 0 aliphatic rings. The molecule has 0 spiro atoms. The lowest BCUT2D eigenvalue weighted by molar-refractivity contribution is 0.359. The second-order valence-corrected chi connectivity index (χ2v) is 5.15. The zero-order valence-electron chi connectivity index (χ0n) is 10.3. The number of nitrogen functional groups attached to an aromatic ring is 1. The van der Waals surface area contributed by atoms with Crippen molar-refractivity contribution in [2.24, 2.45) is 5.41 Å². The third-order valence-corrected chi connectivity index (χ3v) is 2.85. The van der Waals surface area contributed by atoms with Crippen molar-refractivity contribution in [3.63, 3.8) is 0 Å². The summed E-state index contributed by atoms with van der Waals surface area (Å²) in [6, 6.07) is 7.67. The van der Waals surface area contributed by atoms with Gasteiger partial charge in [-0.25, -0.2) is 0 Å². The van der Waals surface area contributed by atoms with Crippen molar-refractivity contribution in [3.8, 4) is 6.07 Å². The van der Waals surface area contributed by atoms with Crippen molar-refractivity contribution in [1.82, 2.24) is 0 Å². The first-order valence-electron chi connectivity index (χ1n) is 5.41. The highest BCUT2D eigenvalue weighted by molar-refractivity contribution is 5.68. The molecule has 0 saturated carbocycles. The SMILES string of the molecule is CC(Nc1cc(C#N)ccc1N)C(C)(C)C. The highest BCUT2D eigenvalue weighted by Gasteiger charge is 2.20. The molecule has 1 aromatic rings. The Balaban J connectivity index is 2.93. The predicted molar refractivity (Wildman–Crippen MR) is 68.1 cm³/mol. The standard InChI is InChI=1S/C13H19N3/c1-9(13(2,3)4)16-12-7-10(8-14)5-6-11(12)15/h5-7,9,16H,15H2,1-4H3. The van der Waals surface area contributed by atoms with Crippen LogP contribution in [0.4, 0.5) is 11.4 Å². The number of benzene rings is 1. The number of nitrogens with two attached hydrogens (primary N) is 1. The van der Waals surface area contributed by atoms with Crippen LogP contribution in [0.1, 0.15) is 33.3 Å². The van der Waals surface area contributed by atoms with Crippen LogP contribution in [0.2, 0.25) is 0 Å². The van der Waals surface area contributed by atoms with Crippen LogP contribution in [0.5, 0.6) is 0 Å². The average Bonchev–Trinajstić information content (AvgIpc) is 2.19. The van der Waals surface area contributed by atoms with E-state index in [1.807, 2.05) is 0 Å². The third kappa shape index (κ3) is 2.90. The fourth-order valence-corrected chi connectivity index (χ4v) is 1.20. The minimum absolute atomic E-state index is 0.148. The molecule has 16 heavy (non-hydrogen) atoms. The summed E-state index contributed by atoms with van der Waals surface area (Å²) >= 11 is 0. The van der Waals surface area contributed by atoms with Gasteiger partial charge in [-0.2, -0.15) is 5.26 Å². The monoisotopic (exact) mass is 217 g/mol. The van der Waals surface area contributed by atoms with E-state index < -0.39 is 0 Å². The van der Waals surface area contributed by atoms with Crippen LogP contribution < -0.4 is 11.1 Å². The molecule has 86 valence electrons. The quantitative estimate of drug-likeness (QED) is 0.748. The largest absolute Gasteiger partial charge is 0.397 e. The number of nitriles is 1. The van der Waals surface area contributed by atoms with Crippen LogP contribution in [0.3, 0.4) is 0 Å². The van der Waals surface area contributed by atoms with E-state index in [4.69, 9.17) is 11.0 Å². The van der Waals surface area contributed by atoms with Gasteiger partial charge in [0, 0.05) is 6.04 Å². The van der Waals surface area contributed by atoms with Crippen molar-refractivity contribution in [1.29, 1.82) is 5.26 Å². The van der Waals surface area contributed by atoms with Crippen LogP contribution >= 0.6 is 0 Å². The highest BCUT2D eigenvalue weighted by atomic mass is 14.9. The summed E-state index contributed by atoms with van der Waals surface area (Å²) in [6.45, 7) is 8.59. The fourth-order valence-electron chi connectivity index (χ4n) is 1.20. The van der Waals surface area contributed by atoms with E-state index in [9.17, 15) is 0 Å². The molecule has 1 atom stereocenters. The smallest absolute Gasteiger partial charge is 0.0992 e. The highest BCUT2D eigenvalue weighted by Crippen LogP contribution is 2.26. The van der Waals surface area contributed by atoms with E-state index in [1.165, 1.54) is 0 Å². The number of hydrogen-bond acceptors (Lipinski definition) is 3. The van der Waals surface area contributed by atoms with Crippen LogP contribution in [0.25, 0.3) is 0 Å². The van der Waals surface area contributed by atoms with Gasteiger partial charge in [0.2, 0.25) is 0 Å². The topological polar surface area (TPSA) is 61.8 Å². The Hall–Kier alpha value is -1.69. The van der Waals surface area contributed by atoms with Crippen molar-refractivity contribution in [2.75, 3.05) is 11.1 Å². The number of hydrogen-bond donors (Lipinski definition) is 2. The summed E-state index contributed by atoms with van der Waals surface area (Å²) in [5, 5.41) is 12.2. The van der Waals surface area contributed by atoms with Gasteiger partial charge in [0.15, 0.2) is 0 Å². The molecule has 1 unspecified atom stereocenters. The first-order chi connectivity index (χ1) is 7.34. The summed E-state index contributed by atoms with van der Waals surface area (Å²) < 4.78 is 0. The van der Waals surface area contributed by atoms with Crippen molar-refractivity contribution in [3.05, 3.63) is 23.8 Å². The van der Waals surface area contributed by atoms with Crippen LogP contribution in [-0.4, -0.2) is 6.04 Å². The van der Waals surface area contributed by atoms with E-state index in [2.05, 4.69) is 39.1 Å². The molecule has 0 radical (unpaired) electrons. The lowest BCUT2D eigenvalue weighted by atomic mass is 9.88. The van der Waals surface area contributed by atoms with Gasteiger partial charge in [-0.15, -0.1) is 0 Å². The predicted octanol–water partition coefficient (Wildman–Crippen LogP) is 2.99. The molecule has 3 nitrogen and oxygen atoms in total. The maximum absolute atomic E-state index is 8.83. The fraction of sp³-hybridized carbons (Fsp3) is 0.462. The summed E-state index contributed by atoms with van der Waals surface area (Å²) in [5.74, 6) is 0. The Labute approximate surface area is 97.3 Å². The van der Waals surface area contributed by atoms with Crippen molar-refractivity contribution >= 4 is 11.4 Å². The summed E-state index contributed by atoms with van der Waals surface area (Å²) in [6.07, 6.45) is 0. The molecule has 0 aliphatic carbocycles. The van der Waals surface area contributed by atoms with Crippen LogP contribution in [0, 0.1) is 16.7 Å². The molecular weight excluding hydrogens is 198 g/mol. The zero-order chi connectivity index (χ0) is 12.3. The Bertz CT molecular complexity index is 410. The molecule has 3 N–H and O–H groups in total. The summed E-state index contributed by atoms with van der Waals surface area (Å²) in [7, 11) is 0. The molecule has 1 aromatic carbocycles. The molecule has 0 aromatic heterocycles. The second kappa shape index (κ2) is 4.44. The third-order valence-electron chi connectivity index (χ3n) is 2.85. The van der Waals surface area contributed by atoms with Gasteiger partial charge in [0.1, 0.15) is 0 Å². The van der Waals surface area contributed by atoms with Gasteiger partial charge in [-0.1, -0.05) is 20.8 Å². The molecule has 0 aliphatic heterocycles. The minimum Gasteiger partial charge on any atom is -0.397 e. The average molecular weight is 217 g/mol. The lowest BCUT2D eigenvalue weighted by Gasteiger charge is -2.29. The Morgan fingerprint density at radius 2 is 2.00 bits per heavy atom. The molecule has 0 amide bonds. The van der Waals surface area contributed by atoms with Gasteiger partial charge < -0.3 is 11.1 Å². The Kier molecular flexibility index (Phi) is 3.44. The van der Waals surface area contributed by atoms with Crippen molar-refractivity contribution < 1.29 is 0 Å². The van der Waals surface area contributed by atoms with Gasteiger partial charge in [0.25, 0.3) is 0 Å². The molecular formula is C13H19N3. The first-order valence-corrected chi connectivity index (χ1v) is 5.41. The van der Waals surface area contributed by atoms with E-state index >= 15 is 0 Å². The van der Waals surface area contributed by atoms with Gasteiger partial charge >= 0.3 is 0 Å².